The number of nitrogens with zero attached hydrogens (tertiary/aromatic N) is 3. The lowest BCUT2D eigenvalue weighted by molar-refractivity contribution is 0.0465. The maximum absolute atomic E-state index is 12.1. The zero-order chi connectivity index (χ0) is 21.1. The van der Waals surface area contributed by atoms with Gasteiger partial charge in [0.05, 0.1) is 13.1 Å². The van der Waals surface area contributed by atoms with E-state index in [1.807, 2.05) is 39.8 Å². The minimum atomic E-state index is -0.829. The van der Waals surface area contributed by atoms with Crippen molar-refractivity contribution in [3.63, 3.8) is 0 Å². The zero-order valence-corrected chi connectivity index (χ0v) is 18.1. The van der Waals surface area contributed by atoms with Crippen molar-refractivity contribution in [3.05, 3.63) is 35.4 Å². The van der Waals surface area contributed by atoms with E-state index in [9.17, 15) is 4.79 Å². The summed E-state index contributed by atoms with van der Waals surface area (Å²) in [4.78, 5) is 18.7. The standard InChI is InChI=1S/C20H32N4O4/c1-13(2)24(11-15-10-9-14(3)26-15)12-16-21-17(23-28-16)20(7,8)22-18(25)27-19(4,5)6/h9-10,13H,11-12H2,1-8H3,(H,22,25). The van der Waals surface area contributed by atoms with E-state index in [1.54, 1.807) is 13.8 Å². The Bertz CT molecular complexity index is 786. The molecule has 0 fully saturated rings. The van der Waals surface area contributed by atoms with Crippen LogP contribution < -0.4 is 5.32 Å². The Morgan fingerprint density at radius 2 is 1.89 bits per heavy atom. The van der Waals surface area contributed by atoms with Crippen LogP contribution in [0.3, 0.4) is 0 Å². The summed E-state index contributed by atoms with van der Waals surface area (Å²) in [6.45, 7) is 16.3. The summed E-state index contributed by atoms with van der Waals surface area (Å²) in [5, 5.41) is 6.84. The average molecular weight is 393 g/mol. The average Bonchev–Trinajstić information content (AvgIpc) is 3.13. The molecule has 8 nitrogen and oxygen atoms in total. The van der Waals surface area contributed by atoms with Gasteiger partial charge in [0.15, 0.2) is 5.82 Å². The third-order valence-electron chi connectivity index (χ3n) is 4.06. The normalized spacial score (nSPS) is 12.6. The van der Waals surface area contributed by atoms with Crippen LogP contribution in [0.2, 0.25) is 0 Å². The molecule has 0 spiro atoms. The molecule has 0 bridgehead atoms. The summed E-state index contributed by atoms with van der Waals surface area (Å²) < 4.78 is 16.4. The Balaban J connectivity index is 2.05. The van der Waals surface area contributed by atoms with Crippen molar-refractivity contribution in [1.82, 2.24) is 20.4 Å². The molecule has 28 heavy (non-hydrogen) atoms. The van der Waals surface area contributed by atoms with E-state index in [0.29, 0.717) is 24.8 Å². The molecule has 0 atom stereocenters. The van der Waals surface area contributed by atoms with E-state index < -0.39 is 17.2 Å². The predicted octanol–water partition coefficient (Wildman–Crippen LogP) is 4.14. The number of hydrogen-bond donors (Lipinski definition) is 1. The van der Waals surface area contributed by atoms with Gasteiger partial charge < -0.3 is 19.0 Å². The van der Waals surface area contributed by atoms with Crippen LogP contribution in [0.5, 0.6) is 0 Å². The van der Waals surface area contributed by atoms with Crippen molar-refractivity contribution >= 4 is 6.09 Å². The minimum absolute atomic E-state index is 0.258. The van der Waals surface area contributed by atoms with Gasteiger partial charge in [-0.2, -0.15) is 4.98 Å². The lowest BCUT2D eigenvalue weighted by Gasteiger charge is -2.26. The number of nitrogens with one attached hydrogen (secondary N) is 1. The van der Waals surface area contributed by atoms with Crippen molar-refractivity contribution in [2.45, 2.75) is 85.7 Å². The minimum Gasteiger partial charge on any atom is -0.465 e. The van der Waals surface area contributed by atoms with Crippen LogP contribution in [0.25, 0.3) is 0 Å². The molecule has 0 saturated carbocycles. The molecule has 0 aliphatic rings. The molecule has 1 N–H and O–H groups in total. The first kappa shape index (κ1) is 21.9. The maximum Gasteiger partial charge on any atom is 0.408 e. The number of rotatable bonds is 7. The van der Waals surface area contributed by atoms with Crippen LogP contribution in [0.15, 0.2) is 21.1 Å². The van der Waals surface area contributed by atoms with Gasteiger partial charge in [0, 0.05) is 6.04 Å². The fraction of sp³-hybridized carbons (Fsp3) is 0.650. The molecule has 8 heteroatoms. The quantitative estimate of drug-likeness (QED) is 0.757. The van der Waals surface area contributed by atoms with Crippen LogP contribution in [-0.4, -0.2) is 32.8 Å². The Morgan fingerprint density at radius 1 is 1.21 bits per heavy atom. The Morgan fingerprint density at radius 3 is 2.43 bits per heavy atom. The molecular formula is C20H32N4O4. The smallest absolute Gasteiger partial charge is 0.408 e. The molecule has 0 aromatic carbocycles. The summed E-state index contributed by atoms with van der Waals surface area (Å²) in [5.74, 6) is 2.64. The molecule has 0 aliphatic carbocycles. The number of ether oxygens (including phenoxy) is 1. The van der Waals surface area contributed by atoms with E-state index in [1.165, 1.54) is 0 Å². The van der Waals surface area contributed by atoms with Crippen LogP contribution in [0, 0.1) is 6.92 Å². The summed E-state index contributed by atoms with van der Waals surface area (Å²) in [6, 6.07) is 4.18. The van der Waals surface area contributed by atoms with Crippen molar-refractivity contribution in [2.24, 2.45) is 0 Å². The number of aromatic nitrogens is 2. The Labute approximate surface area is 166 Å². The van der Waals surface area contributed by atoms with Gasteiger partial charge in [-0.3, -0.25) is 4.90 Å². The van der Waals surface area contributed by atoms with Crippen molar-refractivity contribution in [1.29, 1.82) is 0 Å². The van der Waals surface area contributed by atoms with Gasteiger partial charge in [-0.15, -0.1) is 0 Å². The molecule has 0 radical (unpaired) electrons. The topological polar surface area (TPSA) is 93.6 Å². The molecule has 2 aromatic rings. The van der Waals surface area contributed by atoms with E-state index >= 15 is 0 Å². The van der Waals surface area contributed by atoms with Crippen LogP contribution in [-0.2, 0) is 23.4 Å². The second kappa shape index (κ2) is 8.34. The number of carbonyl (C=O) groups excluding carboxylic acids is 1. The van der Waals surface area contributed by atoms with Crippen molar-refractivity contribution in [3.8, 4) is 0 Å². The second-order valence-electron chi connectivity index (χ2n) is 8.77. The predicted molar refractivity (Wildman–Crippen MR) is 105 cm³/mol. The van der Waals surface area contributed by atoms with E-state index in [0.717, 1.165) is 11.5 Å². The van der Waals surface area contributed by atoms with E-state index in [2.05, 4.69) is 34.2 Å². The molecule has 1 amide bonds. The number of furan rings is 1. The van der Waals surface area contributed by atoms with Gasteiger partial charge in [0.1, 0.15) is 22.7 Å². The molecule has 2 aromatic heterocycles. The third kappa shape index (κ3) is 6.37. The fourth-order valence-corrected chi connectivity index (χ4v) is 2.55. The van der Waals surface area contributed by atoms with Crippen LogP contribution in [0.4, 0.5) is 4.79 Å². The van der Waals surface area contributed by atoms with Crippen molar-refractivity contribution < 1.29 is 18.5 Å². The second-order valence-corrected chi connectivity index (χ2v) is 8.77. The number of carbonyl (C=O) groups is 1. The highest BCUT2D eigenvalue weighted by Gasteiger charge is 2.31. The number of alkyl carbamates (subject to hydrolysis) is 1. The molecule has 0 saturated heterocycles. The largest absolute Gasteiger partial charge is 0.465 e. The van der Waals surface area contributed by atoms with Gasteiger partial charge in [0.25, 0.3) is 0 Å². The number of amides is 1. The first-order valence-corrected chi connectivity index (χ1v) is 9.49. The van der Waals surface area contributed by atoms with Crippen molar-refractivity contribution in [2.75, 3.05) is 0 Å². The summed E-state index contributed by atoms with van der Waals surface area (Å²) in [5.41, 5.74) is -1.41. The first-order chi connectivity index (χ1) is 12.9. The van der Waals surface area contributed by atoms with Gasteiger partial charge in [-0.1, -0.05) is 5.16 Å². The SMILES string of the molecule is Cc1ccc(CN(Cc2nc(C(C)(C)NC(=O)OC(C)(C)C)no2)C(C)C)o1. The summed E-state index contributed by atoms with van der Waals surface area (Å²) >= 11 is 0. The fourth-order valence-electron chi connectivity index (χ4n) is 2.55. The molecule has 0 aliphatic heterocycles. The number of hydrogen-bond acceptors (Lipinski definition) is 7. The van der Waals surface area contributed by atoms with Crippen LogP contribution in [0.1, 0.15) is 71.7 Å². The highest BCUT2D eigenvalue weighted by atomic mass is 16.6. The molecule has 0 unspecified atom stereocenters. The highest BCUT2D eigenvalue weighted by molar-refractivity contribution is 5.68. The first-order valence-electron chi connectivity index (χ1n) is 9.49. The van der Waals surface area contributed by atoms with Gasteiger partial charge in [0.2, 0.25) is 5.89 Å². The molecule has 156 valence electrons. The molecule has 2 rings (SSSR count). The maximum atomic E-state index is 12.1. The third-order valence-corrected chi connectivity index (χ3v) is 4.06. The lowest BCUT2D eigenvalue weighted by Crippen LogP contribution is -2.44. The van der Waals surface area contributed by atoms with E-state index in [4.69, 9.17) is 13.7 Å². The monoisotopic (exact) mass is 392 g/mol. The molecular weight excluding hydrogens is 360 g/mol. The summed E-state index contributed by atoms with van der Waals surface area (Å²) in [7, 11) is 0. The Kier molecular flexibility index (Phi) is 6.54. The van der Waals surface area contributed by atoms with Gasteiger partial charge >= 0.3 is 6.09 Å². The van der Waals surface area contributed by atoms with E-state index in [-0.39, 0.29) is 6.04 Å². The molecule has 2 heterocycles. The summed E-state index contributed by atoms with van der Waals surface area (Å²) in [6.07, 6.45) is -0.527. The number of aryl methyl sites for hydroxylation is 1. The van der Waals surface area contributed by atoms with Crippen LogP contribution >= 0.6 is 0 Å². The lowest BCUT2D eigenvalue weighted by atomic mass is 10.1. The van der Waals surface area contributed by atoms with Gasteiger partial charge in [-0.05, 0) is 67.5 Å². The zero-order valence-electron chi connectivity index (χ0n) is 18.1. The Hall–Kier alpha value is -2.35. The highest BCUT2D eigenvalue weighted by Crippen LogP contribution is 2.20. The van der Waals surface area contributed by atoms with Gasteiger partial charge in [-0.25, -0.2) is 4.79 Å².